The number of allylic oxidation sites excluding steroid dienone is 1. The van der Waals surface area contributed by atoms with Crippen LogP contribution in [0.1, 0.15) is 39.0 Å². The molecule has 240 valence electrons. The fourth-order valence-electron chi connectivity index (χ4n) is 5.08. The number of hydrogen-bond acceptors (Lipinski definition) is 13. The van der Waals surface area contributed by atoms with E-state index in [1.54, 1.807) is 36.6 Å². The molecule has 2 aliphatic heterocycles. The number of esters is 4. The van der Waals surface area contributed by atoms with Crippen LogP contribution in [0.3, 0.4) is 0 Å². The number of imidazole rings is 1. The second-order valence-corrected chi connectivity index (χ2v) is 11.4. The van der Waals surface area contributed by atoms with Crippen molar-refractivity contribution in [3.8, 4) is 11.6 Å². The van der Waals surface area contributed by atoms with Gasteiger partial charge >= 0.3 is 23.9 Å². The van der Waals surface area contributed by atoms with Crippen LogP contribution in [-0.2, 0) is 42.9 Å². The van der Waals surface area contributed by atoms with Gasteiger partial charge < -0.3 is 28.8 Å². The summed E-state index contributed by atoms with van der Waals surface area (Å²) in [5, 5.41) is 11.7. The van der Waals surface area contributed by atoms with Gasteiger partial charge in [0.25, 0.3) is 0 Å². The summed E-state index contributed by atoms with van der Waals surface area (Å²) in [7, 11) is 0. The summed E-state index contributed by atoms with van der Waals surface area (Å²) in [5.74, 6) is -3.02. The van der Waals surface area contributed by atoms with Crippen molar-refractivity contribution in [2.24, 2.45) is 4.99 Å². The van der Waals surface area contributed by atoms with Gasteiger partial charge in [-0.25, -0.2) is 4.98 Å². The average molecular weight is 650 g/mol. The molecule has 5 atom stereocenters. The molecule has 1 aromatic heterocycles. The summed E-state index contributed by atoms with van der Waals surface area (Å²) < 4.78 is 29.6. The van der Waals surface area contributed by atoms with Gasteiger partial charge in [-0.1, -0.05) is 48.2 Å². The van der Waals surface area contributed by atoms with Gasteiger partial charge in [-0.2, -0.15) is 0 Å². The Kier molecular flexibility index (Phi) is 9.87. The van der Waals surface area contributed by atoms with Gasteiger partial charge in [-0.15, -0.1) is 0 Å². The highest BCUT2D eigenvalue weighted by Gasteiger charge is 2.53. The summed E-state index contributed by atoms with van der Waals surface area (Å²) in [6.45, 7) is 4.30. The molecule has 3 heterocycles. The van der Waals surface area contributed by atoms with E-state index in [1.165, 1.54) is 18.4 Å². The molecule has 1 fully saturated rings. The third-order valence-corrected chi connectivity index (χ3v) is 7.98. The van der Waals surface area contributed by atoms with E-state index in [9.17, 15) is 24.3 Å². The highest BCUT2D eigenvalue weighted by Crippen LogP contribution is 2.41. The monoisotopic (exact) mass is 649 g/mol. The zero-order valence-electron chi connectivity index (χ0n) is 25.3. The Morgan fingerprint density at radius 3 is 2.17 bits per heavy atom. The van der Waals surface area contributed by atoms with Gasteiger partial charge in [0.1, 0.15) is 18.4 Å². The smallest absolute Gasteiger partial charge is 0.303 e. The molecule has 14 heteroatoms. The largest absolute Gasteiger partial charge is 0.493 e. The number of carbonyl (C=O) groups excluding carboxylic acids is 4. The number of aromatic nitrogens is 2. The van der Waals surface area contributed by atoms with Crippen molar-refractivity contribution >= 4 is 59.2 Å². The minimum absolute atomic E-state index is 0.190. The van der Waals surface area contributed by atoms with Gasteiger partial charge in [-0.3, -0.25) is 28.7 Å². The molecule has 46 heavy (non-hydrogen) atoms. The molecule has 0 radical (unpaired) electrons. The highest BCUT2D eigenvalue weighted by atomic mass is 32.2. The van der Waals surface area contributed by atoms with E-state index in [2.05, 4.69) is 4.99 Å². The summed E-state index contributed by atoms with van der Waals surface area (Å²) in [6.07, 6.45) is -1.73. The molecule has 0 unspecified atom stereocenters. The van der Waals surface area contributed by atoms with Gasteiger partial charge in [0.2, 0.25) is 5.88 Å². The van der Waals surface area contributed by atoms with Gasteiger partial charge in [-0.05, 0) is 24.3 Å². The van der Waals surface area contributed by atoms with Gasteiger partial charge in [0.05, 0.1) is 11.4 Å². The number of carbonyl (C=O) groups is 4. The predicted octanol–water partition coefficient (Wildman–Crippen LogP) is 4.01. The number of hydrogen-bond donors (Lipinski definition) is 1. The molecule has 3 aromatic rings. The van der Waals surface area contributed by atoms with Crippen molar-refractivity contribution in [2.75, 3.05) is 6.61 Å². The number of thioether (sulfide) groups is 1. The van der Waals surface area contributed by atoms with E-state index < -0.39 is 53.7 Å². The van der Waals surface area contributed by atoms with Crippen molar-refractivity contribution in [3.05, 3.63) is 65.9 Å². The maximum Gasteiger partial charge on any atom is 0.303 e. The average Bonchev–Trinajstić information content (AvgIpc) is 3.55. The Balaban J connectivity index is 1.60. The number of fused-ring (bicyclic) bond motifs is 1. The van der Waals surface area contributed by atoms with Crippen molar-refractivity contribution in [1.29, 1.82) is 0 Å². The van der Waals surface area contributed by atoms with Crippen LogP contribution in [0.4, 0.5) is 5.69 Å². The number of aliphatic imine (C=N–C) groups is 1. The first-order chi connectivity index (χ1) is 22.0. The Morgan fingerprint density at radius 2 is 1.50 bits per heavy atom. The van der Waals surface area contributed by atoms with Crippen LogP contribution in [0.2, 0.25) is 0 Å². The van der Waals surface area contributed by atoms with Crippen molar-refractivity contribution in [1.82, 2.24) is 9.55 Å². The van der Waals surface area contributed by atoms with E-state index in [4.69, 9.17) is 28.7 Å². The first-order valence-electron chi connectivity index (χ1n) is 14.2. The van der Waals surface area contributed by atoms with E-state index in [0.717, 1.165) is 42.4 Å². The van der Waals surface area contributed by atoms with E-state index >= 15 is 0 Å². The molecule has 5 rings (SSSR count). The van der Waals surface area contributed by atoms with Gasteiger partial charge in [0.15, 0.2) is 28.9 Å². The lowest BCUT2D eigenvalue weighted by molar-refractivity contribution is -0.237. The Morgan fingerprint density at radius 1 is 0.870 bits per heavy atom. The van der Waals surface area contributed by atoms with Crippen LogP contribution in [0.25, 0.3) is 17.3 Å². The molecule has 13 nitrogen and oxygen atoms in total. The van der Waals surface area contributed by atoms with E-state index in [-0.39, 0.29) is 23.3 Å². The molecular formula is C32H31N3O10S. The molecule has 2 aromatic carbocycles. The van der Waals surface area contributed by atoms with Crippen LogP contribution < -0.4 is 0 Å². The summed E-state index contributed by atoms with van der Waals surface area (Å²) in [5.41, 5.74) is 2.00. The van der Waals surface area contributed by atoms with Crippen molar-refractivity contribution < 1.29 is 48.0 Å². The van der Waals surface area contributed by atoms with E-state index in [1.807, 2.05) is 30.3 Å². The molecule has 0 amide bonds. The second-order valence-electron chi connectivity index (χ2n) is 10.3. The lowest BCUT2D eigenvalue weighted by atomic mass is 9.99. The molecule has 1 saturated heterocycles. The minimum Gasteiger partial charge on any atom is -0.493 e. The Bertz CT molecular complexity index is 1700. The van der Waals surface area contributed by atoms with Crippen LogP contribution in [0.5, 0.6) is 5.88 Å². The lowest BCUT2D eigenvalue weighted by Gasteiger charge is -2.44. The molecule has 1 N–H and O–H groups in total. The van der Waals surface area contributed by atoms with E-state index in [0.29, 0.717) is 5.69 Å². The maximum atomic E-state index is 12.3. The SMILES string of the molecule is CC(=O)OC[C@H]1O[C@@H](Sc2nc(/C=C3/C=Nc4ccccc43)c(O)n2-c2ccccc2)[C@H](OC(C)=O)[C@@H](OC(C)=O)[C@@H]1OC(C)=O. The first-order valence-corrected chi connectivity index (χ1v) is 15.1. The Labute approximate surface area is 268 Å². The molecule has 2 aliphatic rings. The minimum atomic E-state index is -1.35. The number of benzene rings is 2. The molecule has 0 aliphatic carbocycles. The predicted molar refractivity (Wildman–Crippen MR) is 166 cm³/mol. The van der Waals surface area contributed by atoms with Gasteiger partial charge in [0, 0.05) is 45.0 Å². The molecule has 0 saturated carbocycles. The molecular weight excluding hydrogens is 618 g/mol. The summed E-state index contributed by atoms with van der Waals surface area (Å²) in [6, 6.07) is 16.5. The highest BCUT2D eigenvalue weighted by molar-refractivity contribution is 7.99. The fraction of sp³-hybridized carbons (Fsp3) is 0.312. The maximum absolute atomic E-state index is 12.3. The summed E-state index contributed by atoms with van der Waals surface area (Å²) >= 11 is 0.962. The molecule has 0 bridgehead atoms. The lowest BCUT2D eigenvalue weighted by Crippen LogP contribution is -2.61. The number of aromatic hydroxyl groups is 1. The number of ether oxygens (including phenoxy) is 5. The van der Waals surface area contributed by atoms with Crippen LogP contribution in [-0.4, -0.2) is 81.2 Å². The zero-order chi connectivity index (χ0) is 33.0. The van der Waals surface area contributed by atoms with Crippen LogP contribution in [0, 0.1) is 0 Å². The van der Waals surface area contributed by atoms with Crippen molar-refractivity contribution in [2.45, 2.75) is 62.7 Å². The quantitative estimate of drug-likeness (QED) is 0.262. The number of para-hydroxylation sites is 2. The summed E-state index contributed by atoms with van der Waals surface area (Å²) in [4.78, 5) is 57.5. The Hall–Kier alpha value is -4.95. The topological polar surface area (TPSA) is 165 Å². The normalized spacial score (nSPS) is 22.6. The first kappa shape index (κ1) is 32.4. The number of nitrogens with zero attached hydrogens (tertiary/aromatic N) is 3. The van der Waals surface area contributed by atoms with Crippen LogP contribution in [0.15, 0.2) is 64.7 Å². The third-order valence-electron chi connectivity index (χ3n) is 6.88. The third kappa shape index (κ3) is 7.29. The second kappa shape index (κ2) is 14.0. The fourth-order valence-corrected chi connectivity index (χ4v) is 6.28. The molecule has 0 spiro atoms. The van der Waals surface area contributed by atoms with Crippen LogP contribution >= 0.6 is 11.8 Å². The standard InChI is InChI=1S/C32H31N3O10S/c1-17(36)41-16-26-27(42-18(2)37)28(43-19(3)38)29(44-20(4)39)31(45-26)46-32-34-25(30(40)35(32)22-10-6-5-7-11-22)14-21-15-33-24-13-9-8-12-23(21)24/h5-15,26-29,31,40H,16H2,1-4H3/b21-14-/t26-,27-,28+,29-,31+/m1/s1. The number of rotatable bonds is 9. The van der Waals surface area contributed by atoms with Crippen molar-refractivity contribution in [3.63, 3.8) is 0 Å². The zero-order valence-corrected chi connectivity index (χ0v) is 26.1.